The molecule has 2 heterocycles. The first kappa shape index (κ1) is 26.8. The Kier molecular flexibility index (Phi) is 8.66. The number of nitrogens with one attached hydrogen (secondary N) is 1. The third-order valence-corrected chi connectivity index (χ3v) is 6.77. The monoisotopic (exact) mass is 485 g/mol. The second-order valence-electron chi connectivity index (χ2n) is 10.6. The molecule has 1 aromatic rings. The number of rotatable bonds is 9. The molecule has 1 aromatic carbocycles. The fourth-order valence-corrected chi connectivity index (χ4v) is 5.15. The smallest absolute Gasteiger partial charge is 0.251 e. The van der Waals surface area contributed by atoms with Gasteiger partial charge >= 0.3 is 0 Å². The van der Waals surface area contributed by atoms with Crippen LogP contribution in [-0.4, -0.2) is 70.6 Å². The van der Waals surface area contributed by atoms with E-state index in [1.54, 1.807) is 28.0 Å². The highest BCUT2D eigenvalue weighted by atomic mass is 16.2. The van der Waals surface area contributed by atoms with Crippen molar-refractivity contribution < 1.29 is 19.2 Å². The van der Waals surface area contributed by atoms with Crippen LogP contribution in [0.25, 0.3) is 0 Å². The first-order valence-corrected chi connectivity index (χ1v) is 12.5. The second-order valence-corrected chi connectivity index (χ2v) is 10.6. The van der Waals surface area contributed by atoms with Crippen molar-refractivity contribution in [1.29, 1.82) is 0 Å². The number of benzene rings is 1. The lowest BCUT2D eigenvalue weighted by atomic mass is 10.0. The van der Waals surface area contributed by atoms with Gasteiger partial charge in [-0.05, 0) is 48.8 Å². The van der Waals surface area contributed by atoms with Gasteiger partial charge in [0.05, 0.1) is 18.6 Å². The van der Waals surface area contributed by atoms with Crippen LogP contribution in [0.2, 0.25) is 0 Å². The molecule has 2 aliphatic heterocycles. The van der Waals surface area contributed by atoms with Gasteiger partial charge in [-0.25, -0.2) is 0 Å². The molecule has 35 heavy (non-hydrogen) atoms. The van der Waals surface area contributed by atoms with Crippen LogP contribution in [0.15, 0.2) is 24.3 Å². The van der Waals surface area contributed by atoms with E-state index in [-0.39, 0.29) is 47.9 Å². The molecule has 2 fully saturated rings. The van der Waals surface area contributed by atoms with Gasteiger partial charge in [-0.15, -0.1) is 0 Å². The predicted molar refractivity (Wildman–Crippen MR) is 133 cm³/mol. The van der Waals surface area contributed by atoms with Crippen LogP contribution in [0.5, 0.6) is 0 Å². The summed E-state index contributed by atoms with van der Waals surface area (Å²) in [6.07, 6.45) is 1.49. The molecule has 4 atom stereocenters. The molecule has 192 valence electrons. The lowest BCUT2D eigenvalue weighted by Gasteiger charge is -2.29. The number of ketones is 1. The SMILES string of the molecule is CC(C)C[C@H](NC(=O)c1cccc(CN)c1)C(=O)N1CC[C@@H]2[C@H]1C(=O)CN2C(=O)[C@@H](N)CC(C)C. The number of Topliss-reactive ketones (excluding diaryl/α,β-unsaturated/α-hetero) is 1. The number of carbonyl (C=O) groups is 4. The molecule has 3 rings (SSSR count). The minimum absolute atomic E-state index is 0.0309. The molecular formula is C26H39N5O4. The van der Waals surface area contributed by atoms with E-state index in [0.717, 1.165) is 5.56 Å². The highest BCUT2D eigenvalue weighted by Crippen LogP contribution is 2.31. The maximum atomic E-state index is 13.6. The second kappa shape index (κ2) is 11.3. The van der Waals surface area contributed by atoms with Gasteiger partial charge in [0, 0.05) is 18.7 Å². The Hall–Kier alpha value is -2.78. The number of nitrogens with zero attached hydrogens (tertiary/aromatic N) is 2. The van der Waals surface area contributed by atoms with E-state index in [2.05, 4.69) is 5.32 Å². The number of carbonyl (C=O) groups excluding carboxylic acids is 4. The van der Waals surface area contributed by atoms with E-state index >= 15 is 0 Å². The maximum absolute atomic E-state index is 13.6. The lowest BCUT2D eigenvalue weighted by Crippen LogP contribution is -2.53. The highest BCUT2D eigenvalue weighted by Gasteiger charge is 2.52. The van der Waals surface area contributed by atoms with E-state index < -0.39 is 18.1 Å². The first-order chi connectivity index (χ1) is 16.5. The van der Waals surface area contributed by atoms with Gasteiger partial charge in [-0.1, -0.05) is 39.8 Å². The number of fused-ring (bicyclic) bond motifs is 1. The van der Waals surface area contributed by atoms with Gasteiger partial charge < -0.3 is 26.6 Å². The number of hydrogen-bond donors (Lipinski definition) is 3. The average molecular weight is 486 g/mol. The minimum atomic E-state index is -0.775. The molecule has 3 amide bonds. The molecule has 5 N–H and O–H groups in total. The van der Waals surface area contributed by atoms with Gasteiger partial charge in [0.25, 0.3) is 5.91 Å². The molecule has 0 spiro atoms. The van der Waals surface area contributed by atoms with E-state index in [0.29, 0.717) is 37.9 Å². The zero-order chi connectivity index (χ0) is 25.9. The van der Waals surface area contributed by atoms with Gasteiger partial charge in [-0.3, -0.25) is 19.2 Å². The van der Waals surface area contributed by atoms with E-state index in [1.807, 2.05) is 33.8 Å². The topological polar surface area (TPSA) is 139 Å². The normalized spacial score (nSPS) is 21.4. The summed E-state index contributed by atoms with van der Waals surface area (Å²) in [6.45, 7) is 8.58. The first-order valence-electron chi connectivity index (χ1n) is 12.5. The number of amides is 3. The van der Waals surface area contributed by atoms with Crippen molar-refractivity contribution in [3.8, 4) is 0 Å². The Labute approximate surface area is 207 Å². The molecule has 0 aliphatic carbocycles. The molecule has 2 saturated heterocycles. The fraction of sp³-hybridized carbons (Fsp3) is 0.615. The van der Waals surface area contributed by atoms with Gasteiger partial charge in [0.2, 0.25) is 11.8 Å². The summed E-state index contributed by atoms with van der Waals surface area (Å²) < 4.78 is 0. The van der Waals surface area contributed by atoms with Crippen LogP contribution in [0.1, 0.15) is 62.9 Å². The number of hydrogen-bond acceptors (Lipinski definition) is 6. The summed E-state index contributed by atoms with van der Waals surface area (Å²) in [6, 6.07) is 4.49. The van der Waals surface area contributed by atoms with Crippen LogP contribution in [-0.2, 0) is 20.9 Å². The fourth-order valence-electron chi connectivity index (χ4n) is 5.15. The van der Waals surface area contributed by atoms with Crippen molar-refractivity contribution in [2.75, 3.05) is 13.1 Å². The van der Waals surface area contributed by atoms with Crippen molar-refractivity contribution in [3.05, 3.63) is 35.4 Å². The average Bonchev–Trinajstić information content (AvgIpc) is 3.38. The molecule has 9 heteroatoms. The molecule has 0 radical (unpaired) electrons. The molecule has 0 aromatic heterocycles. The van der Waals surface area contributed by atoms with E-state index in [9.17, 15) is 19.2 Å². The minimum Gasteiger partial charge on any atom is -0.340 e. The van der Waals surface area contributed by atoms with E-state index in [1.165, 1.54) is 0 Å². The van der Waals surface area contributed by atoms with Crippen molar-refractivity contribution in [2.45, 2.75) is 77.7 Å². The molecule has 2 aliphatic rings. The molecular weight excluding hydrogens is 446 g/mol. The summed E-state index contributed by atoms with van der Waals surface area (Å²) >= 11 is 0. The third kappa shape index (κ3) is 6.08. The van der Waals surface area contributed by atoms with Crippen molar-refractivity contribution in [3.63, 3.8) is 0 Å². The molecule has 0 saturated carbocycles. The lowest BCUT2D eigenvalue weighted by molar-refractivity contribution is -0.138. The standard InChI is InChI=1S/C26H39N5O4/c1-15(2)10-19(28)25(34)31-14-22(32)23-21(31)8-9-30(23)26(35)20(11-16(3)4)29-24(33)18-7-5-6-17(12-18)13-27/h5-7,12,15-16,19-21,23H,8-11,13-14,27-28H2,1-4H3,(H,29,33)/t19-,20-,21+,23-/m0/s1. The van der Waals surface area contributed by atoms with Gasteiger partial charge in [-0.2, -0.15) is 0 Å². The summed E-state index contributed by atoms with van der Waals surface area (Å²) in [5, 5.41) is 2.88. The van der Waals surface area contributed by atoms with Crippen LogP contribution in [0, 0.1) is 11.8 Å². The number of likely N-dealkylation sites (tertiary alicyclic amines) is 2. The van der Waals surface area contributed by atoms with Crippen molar-refractivity contribution >= 4 is 23.5 Å². The van der Waals surface area contributed by atoms with Crippen LogP contribution < -0.4 is 16.8 Å². The largest absolute Gasteiger partial charge is 0.340 e. The number of nitrogens with two attached hydrogens (primary N) is 2. The molecule has 0 unspecified atom stereocenters. The third-order valence-electron chi connectivity index (χ3n) is 6.77. The Morgan fingerprint density at radius 3 is 2.37 bits per heavy atom. The Morgan fingerprint density at radius 1 is 1.06 bits per heavy atom. The zero-order valence-corrected chi connectivity index (χ0v) is 21.2. The van der Waals surface area contributed by atoms with Crippen LogP contribution in [0.4, 0.5) is 0 Å². The Morgan fingerprint density at radius 2 is 1.74 bits per heavy atom. The molecule has 9 nitrogen and oxygen atoms in total. The highest BCUT2D eigenvalue weighted by molar-refractivity contribution is 6.01. The van der Waals surface area contributed by atoms with Crippen molar-refractivity contribution in [2.24, 2.45) is 23.3 Å². The zero-order valence-electron chi connectivity index (χ0n) is 21.2. The Bertz CT molecular complexity index is 963. The summed E-state index contributed by atoms with van der Waals surface area (Å²) in [7, 11) is 0. The quantitative estimate of drug-likeness (QED) is 0.478. The molecule has 0 bridgehead atoms. The van der Waals surface area contributed by atoms with Crippen molar-refractivity contribution in [1.82, 2.24) is 15.1 Å². The van der Waals surface area contributed by atoms with Crippen LogP contribution >= 0.6 is 0 Å². The summed E-state index contributed by atoms with van der Waals surface area (Å²) in [4.78, 5) is 55.6. The van der Waals surface area contributed by atoms with Gasteiger partial charge in [0.15, 0.2) is 5.78 Å². The van der Waals surface area contributed by atoms with Crippen LogP contribution in [0.3, 0.4) is 0 Å². The van der Waals surface area contributed by atoms with Gasteiger partial charge in [0.1, 0.15) is 12.1 Å². The predicted octanol–water partition coefficient (Wildman–Crippen LogP) is 1.04. The maximum Gasteiger partial charge on any atom is 0.251 e. The summed E-state index contributed by atoms with van der Waals surface area (Å²) in [5.74, 6) is -0.634. The Balaban J connectivity index is 1.76. The summed E-state index contributed by atoms with van der Waals surface area (Å²) in [5.41, 5.74) is 13.1. The van der Waals surface area contributed by atoms with E-state index in [4.69, 9.17) is 11.5 Å².